The molecule has 3 heterocycles. The summed E-state index contributed by atoms with van der Waals surface area (Å²) in [5.74, 6) is 0. The predicted molar refractivity (Wildman–Crippen MR) is 101 cm³/mol. The second-order valence-electron chi connectivity index (χ2n) is 6.44. The molecule has 142 valence electrons. The second kappa shape index (κ2) is 7.30. The molecule has 4 rings (SSSR count). The van der Waals surface area contributed by atoms with E-state index in [1.165, 1.54) is 4.31 Å². The molecule has 0 N–H and O–H groups in total. The molecule has 0 radical (unpaired) electrons. The third kappa shape index (κ3) is 3.55. The molecule has 0 bridgehead atoms. The van der Waals surface area contributed by atoms with Gasteiger partial charge in [0.25, 0.3) is 0 Å². The van der Waals surface area contributed by atoms with Crippen LogP contribution >= 0.6 is 0 Å². The van der Waals surface area contributed by atoms with Gasteiger partial charge >= 0.3 is 0 Å². The zero-order valence-electron chi connectivity index (χ0n) is 15.1. The number of ether oxygens (including phenoxy) is 1. The third-order valence-electron chi connectivity index (χ3n) is 4.76. The average molecular weight is 386 g/mol. The monoisotopic (exact) mass is 386 g/mol. The van der Waals surface area contributed by atoms with Crippen LogP contribution in [-0.4, -0.2) is 46.8 Å². The molecule has 0 unspecified atom stereocenters. The van der Waals surface area contributed by atoms with Gasteiger partial charge in [-0.05, 0) is 43.3 Å². The number of aryl methyl sites for hydroxylation is 1. The molecule has 0 amide bonds. The van der Waals surface area contributed by atoms with Crippen molar-refractivity contribution in [2.24, 2.45) is 0 Å². The normalized spacial score (nSPS) is 18.6. The molecular weight excluding hydrogens is 364 g/mol. The van der Waals surface area contributed by atoms with Gasteiger partial charge in [-0.3, -0.25) is 4.68 Å². The zero-order valence-corrected chi connectivity index (χ0v) is 15.9. The standard InChI is InChI=1S/C19H22N4O3S/c1-2-22-14-16(13-20-22)19-15-23(11-12-26-19)27(24,25)18-7-5-17(6-8-18)21-9-3-4-10-21/h3-10,13-14,19H,2,11-12,15H2,1H3/t19-/m1/s1. The summed E-state index contributed by atoms with van der Waals surface area (Å²) in [6, 6.07) is 10.8. The molecule has 2 aromatic heterocycles. The Morgan fingerprint density at radius 3 is 2.59 bits per heavy atom. The molecule has 8 heteroatoms. The van der Waals surface area contributed by atoms with Gasteiger partial charge in [-0.2, -0.15) is 9.40 Å². The van der Waals surface area contributed by atoms with Crippen molar-refractivity contribution in [3.05, 3.63) is 66.7 Å². The van der Waals surface area contributed by atoms with E-state index in [2.05, 4.69) is 5.10 Å². The minimum Gasteiger partial charge on any atom is -0.371 e. The molecule has 0 spiro atoms. The van der Waals surface area contributed by atoms with Crippen LogP contribution in [-0.2, 0) is 21.3 Å². The number of hydrogen-bond donors (Lipinski definition) is 0. The minimum absolute atomic E-state index is 0.289. The maximum Gasteiger partial charge on any atom is 0.243 e. The summed E-state index contributed by atoms with van der Waals surface area (Å²) in [4.78, 5) is 0.295. The summed E-state index contributed by atoms with van der Waals surface area (Å²) in [5, 5.41) is 4.26. The number of nitrogens with zero attached hydrogens (tertiary/aromatic N) is 4. The highest BCUT2D eigenvalue weighted by molar-refractivity contribution is 7.89. The first-order valence-corrected chi connectivity index (χ1v) is 10.4. The van der Waals surface area contributed by atoms with Gasteiger partial charge in [-0.1, -0.05) is 0 Å². The Morgan fingerprint density at radius 2 is 1.93 bits per heavy atom. The lowest BCUT2D eigenvalue weighted by molar-refractivity contribution is -0.00260. The van der Waals surface area contributed by atoms with E-state index in [4.69, 9.17) is 4.74 Å². The number of benzene rings is 1. The quantitative estimate of drug-likeness (QED) is 0.675. The number of morpholine rings is 1. The lowest BCUT2D eigenvalue weighted by Crippen LogP contribution is -2.42. The zero-order chi connectivity index (χ0) is 18.9. The molecule has 0 aliphatic carbocycles. The minimum atomic E-state index is -3.57. The van der Waals surface area contributed by atoms with Crippen molar-refractivity contribution in [2.45, 2.75) is 24.5 Å². The summed E-state index contributed by atoms with van der Waals surface area (Å²) in [6.07, 6.45) is 7.20. The number of sulfonamides is 1. The van der Waals surface area contributed by atoms with Crippen molar-refractivity contribution in [3.8, 4) is 5.69 Å². The molecule has 1 aliphatic rings. The van der Waals surface area contributed by atoms with Crippen molar-refractivity contribution in [3.63, 3.8) is 0 Å². The first-order valence-electron chi connectivity index (χ1n) is 8.95. The lowest BCUT2D eigenvalue weighted by Gasteiger charge is -2.31. The summed E-state index contributed by atoms with van der Waals surface area (Å²) >= 11 is 0. The number of aromatic nitrogens is 3. The van der Waals surface area contributed by atoms with Crippen LogP contribution in [0.4, 0.5) is 0 Å². The van der Waals surface area contributed by atoms with Crippen LogP contribution < -0.4 is 0 Å². The fourth-order valence-electron chi connectivity index (χ4n) is 3.21. The van der Waals surface area contributed by atoms with E-state index in [0.29, 0.717) is 18.0 Å². The molecule has 7 nitrogen and oxygen atoms in total. The first kappa shape index (κ1) is 18.0. The number of rotatable bonds is 5. The van der Waals surface area contributed by atoms with E-state index in [1.54, 1.807) is 18.3 Å². The fraction of sp³-hybridized carbons (Fsp3) is 0.316. The van der Waals surface area contributed by atoms with Crippen molar-refractivity contribution >= 4 is 10.0 Å². The van der Waals surface area contributed by atoms with Gasteiger partial charge < -0.3 is 9.30 Å². The summed E-state index contributed by atoms with van der Waals surface area (Å²) < 4.78 is 37.2. The summed E-state index contributed by atoms with van der Waals surface area (Å²) in [7, 11) is -3.57. The van der Waals surface area contributed by atoms with Crippen LogP contribution in [0.3, 0.4) is 0 Å². The van der Waals surface area contributed by atoms with Crippen molar-refractivity contribution in [2.75, 3.05) is 19.7 Å². The molecule has 1 fully saturated rings. The van der Waals surface area contributed by atoms with Crippen LogP contribution in [0.5, 0.6) is 0 Å². The van der Waals surface area contributed by atoms with E-state index in [0.717, 1.165) is 17.8 Å². The average Bonchev–Trinajstić information content (AvgIpc) is 3.40. The van der Waals surface area contributed by atoms with Crippen LogP contribution in [0.1, 0.15) is 18.6 Å². The van der Waals surface area contributed by atoms with Gasteiger partial charge in [0.15, 0.2) is 0 Å². The Labute approximate surface area is 158 Å². The molecule has 1 saturated heterocycles. The van der Waals surface area contributed by atoms with Gasteiger partial charge in [0.05, 0.1) is 23.8 Å². The highest BCUT2D eigenvalue weighted by atomic mass is 32.2. The summed E-state index contributed by atoms with van der Waals surface area (Å²) in [5.41, 5.74) is 1.82. The lowest BCUT2D eigenvalue weighted by atomic mass is 10.2. The van der Waals surface area contributed by atoms with Gasteiger partial charge in [0.1, 0.15) is 0 Å². The Morgan fingerprint density at radius 1 is 1.19 bits per heavy atom. The Kier molecular flexibility index (Phi) is 4.86. The van der Waals surface area contributed by atoms with E-state index in [1.807, 2.05) is 59.0 Å². The predicted octanol–water partition coefficient (Wildman–Crippen LogP) is 2.46. The highest BCUT2D eigenvalue weighted by Crippen LogP contribution is 2.26. The van der Waals surface area contributed by atoms with Crippen molar-refractivity contribution in [1.82, 2.24) is 18.7 Å². The van der Waals surface area contributed by atoms with Crippen molar-refractivity contribution < 1.29 is 13.2 Å². The first-order chi connectivity index (χ1) is 13.1. The second-order valence-corrected chi connectivity index (χ2v) is 8.37. The largest absolute Gasteiger partial charge is 0.371 e. The molecule has 27 heavy (non-hydrogen) atoms. The third-order valence-corrected chi connectivity index (χ3v) is 6.63. The fourth-order valence-corrected chi connectivity index (χ4v) is 4.64. The van der Waals surface area contributed by atoms with E-state index in [-0.39, 0.29) is 12.6 Å². The Hall–Kier alpha value is -2.42. The molecular formula is C19H22N4O3S. The van der Waals surface area contributed by atoms with Gasteiger partial charge in [-0.25, -0.2) is 8.42 Å². The molecule has 3 aromatic rings. The van der Waals surface area contributed by atoms with Gasteiger partial charge in [0.2, 0.25) is 10.0 Å². The van der Waals surface area contributed by atoms with E-state index >= 15 is 0 Å². The maximum atomic E-state index is 13.1. The Balaban J connectivity index is 1.54. The van der Waals surface area contributed by atoms with Crippen LogP contribution in [0, 0.1) is 0 Å². The smallest absolute Gasteiger partial charge is 0.243 e. The highest BCUT2D eigenvalue weighted by Gasteiger charge is 2.32. The summed E-state index contributed by atoms with van der Waals surface area (Å²) in [6.45, 7) is 3.77. The van der Waals surface area contributed by atoms with Gasteiger partial charge in [-0.15, -0.1) is 0 Å². The van der Waals surface area contributed by atoms with E-state index < -0.39 is 10.0 Å². The topological polar surface area (TPSA) is 69.4 Å². The van der Waals surface area contributed by atoms with Crippen LogP contribution in [0.2, 0.25) is 0 Å². The molecule has 1 aromatic carbocycles. The molecule has 1 aliphatic heterocycles. The Bertz CT molecular complexity index is 994. The SMILES string of the molecule is CCn1cc([C@H]2CN(S(=O)(=O)c3ccc(-n4cccc4)cc3)CCO2)cn1. The van der Waals surface area contributed by atoms with Crippen LogP contribution in [0.25, 0.3) is 5.69 Å². The molecule has 0 saturated carbocycles. The molecule has 1 atom stereocenters. The number of hydrogen-bond acceptors (Lipinski definition) is 4. The van der Waals surface area contributed by atoms with E-state index in [9.17, 15) is 8.42 Å². The van der Waals surface area contributed by atoms with Gasteiger partial charge in [0, 0.05) is 49.5 Å². The van der Waals surface area contributed by atoms with Crippen molar-refractivity contribution in [1.29, 1.82) is 0 Å². The van der Waals surface area contributed by atoms with Crippen LogP contribution in [0.15, 0.2) is 66.1 Å². The maximum absolute atomic E-state index is 13.1.